The molecular weight excluding hydrogens is 272 g/mol. The Morgan fingerprint density at radius 3 is 2.50 bits per heavy atom. The quantitative estimate of drug-likeness (QED) is 0.761. The first-order valence-electron chi connectivity index (χ1n) is 7.63. The van der Waals surface area contributed by atoms with Gasteiger partial charge in [0.2, 0.25) is 0 Å². The van der Waals surface area contributed by atoms with Crippen LogP contribution >= 0.6 is 11.6 Å². The highest BCUT2D eigenvalue weighted by molar-refractivity contribution is 6.30. The number of nitrogens with one attached hydrogen (secondary N) is 1. The smallest absolute Gasteiger partial charge is 0.131 e. The molecule has 0 bridgehead atoms. The second kappa shape index (κ2) is 8.65. The van der Waals surface area contributed by atoms with Gasteiger partial charge in [0.05, 0.1) is 5.69 Å². The minimum Gasteiger partial charge on any atom is -0.310 e. The SMILES string of the molecule is CCN(CC)CCCC(C)NCc1c(C)nn(C)c1Cl. The van der Waals surface area contributed by atoms with Crippen molar-refractivity contribution in [3.05, 3.63) is 16.4 Å². The summed E-state index contributed by atoms with van der Waals surface area (Å²) in [5.41, 5.74) is 2.13. The standard InChI is InChI=1S/C15H29ClN4/c1-6-20(7-2)10-8-9-12(3)17-11-14-13(4)18-19(5)15(14)16/h12,17H,6-11H2,1-5H3. The largest absolute Gasteiger partial charge is 0.310 e. The van der Waals surface area contributed by atoms with Crippen molar-refractivity contribution < 1.29 is 0 Å². The van der Waals surface area contributed by atoms with Crippen molar-refractivity contribution in [1.29, 1.82) is 0 Å². The van der Waals surface area contributed by atoms with Gasteiger partial charge in [-0.05, 0) is 46.3 Å². The molecule has 0 fully saturated rings. The maximum absolute atomic E-state index is 6.23. The first-order valence-corrected chi connectivity index (χ1v) is 8.01. The highest BCUT2D eigenvalue weighted by Gasteiger charge is 2.12. The van der Waals surface area contributed by atoms with Crippen LogP contribution in [0.4, 0.5) is 0 Å². The van der Waals surface area contributed by atoms with Crippen LogP contribution in [0.25, 0.3) is 0 Å². The Kier molecular flexibility index (Phi) is 7.56. The molecule has 0 spiro atoms. The molecule has 0 amide bonds. The zero-order valence-electron chi connectivity index (χ0n) is 13.5. The Morgan fingerprint density at radius 2 is 2.00 bits per heavy atom. The minimum absolute atomic E-state index is 0.501. The van der Waals surface area contributed by atoms with Gasteiger partial charge in [0.25, 0.3) is 0 Å². The van der Waals surface area contributed by atoms with Crippen molar-refractivity contribution >= 4 is 11.6 Å². The molecule has 0 aliphatic heterocycles. The summed E-state index contributed by atoms with van der Waals surface area (Å²) < 4.78 is 1.74. The lowest BCUT2D eigenvalue weighted by atomic mass is 10.1. The van der Waals surface area contributed by atoms with Crippen LogP contribution in [0.3, 0.4) is 0 Å². The van der Waals surface area contributed by atoms with Crippen LogP contribution in [0.5, 0.6) is 0 Å². The van der Waals surface area contributed by atoms with E-state index in [2.05, 4.69) is 36.1 Å². The monoisotopic (exact) mass is 300 g/mol. The van der Waals surface area contributed by atoms with Crippen LogP contribution in [0.2, 0.25) is 5.15 Å². The molecule has 1 N–H and O–H groups in total. The third kappa shape index (κ3) is 5.08. The zero-order valence-corrected chi connectivity index (χ0v) is 14.3. The summed E-state index contributed by atoms with van der Waals surface area (Å²) in [4.78, 5) is 2.47. The molecule has 0 saturated heterocycles. The van der Waals surface area contributed by atoms with Gasteiger partial charge >= 0.3 is 0 Å². The first kappa shape index (κ1) is 17.5. The van der Waals surface area contributed by atoms with Crippen molar-refractivity contribution in [3.8, 4) is 0 Å². The highest BCUT2D eigenvalue weighted by Crippen LogP contribution is 2.18. The summed E-state index contributed by atoms with van der Waals surface area (Å²) in [6, 6.07) is 0.501. The third-order valence-corrected chi connectivity index (χ3v) is 4.38. The molecule has 5 heteroatoms. The number of halogens is 1. The molecule has 1 atom stereocenters. The van der Waals surface area contributed by atoms with E-state index < -0.39 is 0 Å². The van der Waals surface area contributed by atoms with E-state index in [0.29, 0.717) is 6.04 Å². The fraction of sp³-hybridized carbons (Fsp3) is 0.800. The van der Waals surface area contributed by atoms with Crippen molar-refractivity contribution in [1.82, 2.24) is 20.0 Å². The molecule has 1 rings (SSSR count). The summed E-state index contributed by atoms with van der Waals surface area (Å²) in [6.45, 7) is 13.0. The van der Waals surface area contributed by atoms with Gasteiger partial charge in [-0.2, -0.15) is 5.10 Å². The van der Waals surface area contributed by atoms with Crippen LogP contribution in [-0.2, 0) is 13.6 Å². The van der Waals surface area contributed by atoms with E-state index in [1.807, 2.05) is 14.0 Å². The summed E-state index contributed by atoms with van der Waals surface area (Å²) in [5.74, 6) is 0. The van der Waals surface area contributed by atoms with E-state index >= 15 is 0 Å². The van der Waals surface area contributed by atoms with Gasteiger partial charge in [-0.3, -0.25) is 4.68 Å². The number of aromatic nitrogens is 2. The van der Waals surface area contributed by atoms with Gasteiger partial charge in [-0.25, -0.2) is 0 Å². The molecule has 20 heavy (non-hydrogen) atoms. The third-order valence-electron chi connectivity index (χ3n) is 3.90. The van der Waals surface area contributed by atoms with E-state index in [1.54, 1.807) is 4.68 Å². The lowest BCUT2D eigenvalue weighted by molar-refractivity contribution is 0.290. The fourth-order valence-corrected chi connectivity index (χ4v) is 2.66. The summed E-state index contributed by atoms with van der Waals surface area (Å²) in [6.07, 6.45) is 2.42. The highest BCUT2D eigenvalue weighted by atomic mass is 35.5. The van der Waals surface area contributed by atoms with E-state index in [1.165, 1.54) is 19.4 Å². The fourth-order valence-electron chi connectivity index (χ4n) is 2.41. The van der Waals surface area contributed by atoms with E-state index in [-0.39, 0.29) is 0 Å². The second-order valence-corrected chi connectivity index (χ2v) is 5.79. The van der Waals surface area contributed by atoms with Crippen molar-refractivity contribution in [2.45, 2.75) is 53.1 Å². The average Bonchev–Trinajstić information content (AvgIpc) is 2.66. The molecule has 0 aliphatic carbocycles. The van der Waals surface area contributed by atoms with Crippen LogP contribution in [0.1, 0.15) is 44.9 Å². The molecule has 0 aliphatic rings. The Hall–Kier alpha value is -0.580. The van der Waals surface area contributed by atoms with Crippen LogP contribution in [-0.4, -0.2) is 40.4 Å². The molecule has 4 nitrogen and oxygen atoms in total. The van der Waals surface area contributed by atoms with Gasteiger partial charge in [0.15, 0.2) is 0 Å². The maximum atomic E-state index is 6.23. The summed E-state index contributed by atoms with van der Waals surface area (Å²) in [5, 5.41) is 8.62. The van der Waals surface area contributed by atoms with Crippen molar-refractivity contribution in [2.75, 3.05) is 19.6 Å². The van der Waals surface area contributed by atoms with E-state index in [9.17, 15) is 0 Å². The molecule has 0 aromatic carbocycles. The Labute approximate surface area is 128 Å². The van der Waals surface area contributed by atoms with E-state index in [0.717, 1.165) is 36.0 Å². The summed E-state index contributed by atoms with van der Waals surface area (Å²) >= 11 is 6.23. The molecular formula is C15H29ClN4. The number of hydrogen-bond donors (Lipinski definition) is 1. The Morgan fingerprint density at radius 1 is 1.35 bits per heavy atom. The lowest BCUT2D eigenvalue weighted by Gasteiger charge is -2.19. The predicted molar refractivity (Wildman–Crippen MR) is 86.3 cm³/mol. The van der Waals surface area contributed by atoms with Gasteiger partial charge in [0.1, 0.15) is 5.15 Å². The summed E-state index contributed by atoms with van der Waals surface area (Å²) in [7, 11) is 1.88. The van der Waals surface area contributed by atoms with E-state index in [4.69, 9.17) is 11.6 Å². The van der Waals surface area contributed by atoms with Crippen molar-refractivity contribution in [2.24, 2.45) is 7.05 Å². The van der Waals surface area contributed by atoms with Crippen molar-refractivity contribution in [3.63, 3.8) is 0 Å². The van der Waals surface area contributed by atoms with Gasteiger partial charge in [0, 0.05) is 25.2 Å². The average molecular weight is 301 g/mol. The van der Waals surface area contributed by atoms with Crippen LogP contribution in [0.15, 0.2) is 0 Å². The maximum Gasteiger partial charge on any atom is 0.131 e. The Balaban J connectivity index is 2.31. The first-order chi connectivity index (χ1) is 9.49. The molecule has 0 radical (unpaired) electrons. The lowest BCUT2D eigenvalue weighted by Crippen LogP contribution is -2.29. The van der Waals surface area contributed by atoms with Crippen LogP contribution in [0, 0.1) is 6.92 Å². The molecule has 116 valence electrons. The number of hydrogen-bond acceptors (Lipinski definition) is 3. The van der Waals surface area contributed by atoms with Crippen LogP contribution < -0.4 is 5.32 Å². The minimum atomic E-state index is 0.501. The Bertz CT molecular complexity index is 399. The number of rotatable bonds is 9. The molecule has 1 heterocycles. The molecule has 1 unspecified atom stereocenters. The second-order valence-electron chi connectivity index (χ2n) is 5.43. The molecule has 0 saturated carbocycles. The molecule has 1 aromatic heterocycles. The normalized spacial score (nSPS) is 13.2. The van der Waals surface area contributed by atoms with Gasteiger partial charge < -0.3 is 10.2 Å². The molecule has 1 aromatic rings. The number of nitrogens with zero attached hydrogens (tertiary/aromatic N) is 3. The van der Waals surface area contributed by atoms with Gasteiger partial charge in [-0.15, -0.1) is 0 Å². The number of aryl methyl sites for hydroxylation is 2. The zero-order chi connectivity index (χ0) is 15.1. The predicted octanol–water partition coefficient (Wildman–Crippen LogP) is 2.98. The van der Waals surface area contributed by atoms with Gasteiger partial charge in [-0.1, -0.05) is 25.4 Å². The topological polar surface area (TPSA) is 33.1 Å².